The molecule has 0 fully saturated rings. The Kier molecular flexibility index (Phi) is 4.66. The van der Waals surface area contributed by atoms with Gasteiger partial charge in [0.2, 0.25) is 5.88 Å². The number of ether oxygens (including phenoxy) is 2. The summed E-state index contributed by atoms with van der Waals surface area (Å²) in [4.78, 5) is 21.2. The van der Waals surface area contributed by atoms with E-state index in [2.05, 4.69) is 30.7 Å². The molecule has 6 heteroatoms. The number of hydrogen-bond donors (Lipinski definition) is 0. The molecule has 0 aliphatic carbocycles. The van der Waals surface area contributed by atoms with Crippen LogP contribution >= 0.6 is 0 Å². The van der Waals surface area contributed by atoms with Gasteiger partial charge in [0.25, 0.3) is 5.56 Å². The van der Waals surface area contributed by atoms with Crippen molar-refractivity contribution < 1.29 is 9.47 Å². The van der Waals surface area contributed by atoms with E-state index in [-0.39, 0.29) is 23.6 Å². The highest BCUT2D eigenvalue weighted by Gasteiger charge is 2.27. The van der Waals surface area contributed by atoms with Crippen LogP contribution in [-0.2, 0) is 18.0 Å². The van der Waals surface area contributed by atoms with Crippen LogP contribution in [0.2, 0.25) is 0 Å². The van der Waals surface area contributed by atoms with E-state index in [1.165, 1.54) is 6.07 Å². The van der Waals surface area contributed by atoms with Gasteiger partial charge < -0.3 is 9.47 Å². The van der Waals surface area contributed by atoms with Crippen LogP contribution in [0.1, 0.15) is 44.8 Å². The zero-order valence-electron chi connectivity index (χ0n) is 14.4. The lowest BCUT2D eigenvalue weighted by Gasteiger charge is -2.32. The van der Waals surface area contributed by atoms with Gasteiger partial charge in [-0.2, -0.15) is 4.98 Å². The number of aromatic nitrogens is 3. The maximum absolute atomic E-state index is 12.6. The Morgan fingerprint density at radius 1 is 1.38 bits per heavy atom. The topological polar surface area (TPSA) is 66.2 Å². The van der Waals surface area contributed by atoms with Crippen molar-refractivity contribution in [2.45, 2.75) is 46.4 Å². The molecule has 1 aliphatic heterocycles. The van der Waals surface area contributed by atoms with Crippen molar-refractivity contribution in [2.75, 3.05) is 6.61 Å². The van der Waals surface area contributed by atoms with E-state index in [0.717, 1.165) is 12.1 Å². The molecule has 0 spiro atoms. The molecule has 0 bridgehead atoms. The van der Waals surface area contributed by atoms with E-state index in [4.69, 9.17) is 9.47 Å². The molecule has 2 aromatic rings. The molecule has 0 saturated heterocycles. The minimum absolute atomic E-state index is 0.0126. The van der Waals surface area contributed by atoms with Crippen molar-refractivity contribution in [1.29, 1.82) is 0 Å². The van der Waals surface area contributed by atoms with Crippen molar-refractivity contribution in [2.24, 2.45) is 5.41 Å². The summed E-state index contributed by atoms with van der Waals surface area (Å²) in [5.41, 5.74) is 0.809. The highest BCUT2D eigenvalue weighted by atomic mass is 16.5. The van der Waals surface area contributed by atoms with Crippen LogP contribution in [-0.4, -0.2) is 21.1 Å². The smallest absolute Gasteiger partial charge is 0.257 e. The molecule has 1 aliphatic rings. The van der Waals surface area contributed by atoms with Crippen molar-refractivity contribution in [1.82, 2.24) is 14.5 Å². The van der Waals surface area contributed by atoms with Gasteiger partial charge in [0, 0.05) is 6.20 Å². The molecule has 1 unspecified atom stereocenters. The van der Waals surface area contributed by atoms with Crippen LogP contribution in [0.4, 0.5) is 0 Å². The molecular weight excluding hydrogens is 306 g/mol. The lowest BCUT2D eigenvalue weighted by molar-refractivity contribution is 0.0361. The van der Waals surface area contributed by atoms with Crippen LogP contribution in [0.15, 0.2) is 35.3 Å². The first kappa shape index (κ1) is 16.6. The van der Waals surface area contributed by atoms with Gasteiger partial charge in [0.05, 0.1) is 24.4 Å². The van der Waals surface area contributed by atoms with Crippen LogP contribution < -0.4 is 10.3 Å². The Labute approximate surface area is 141 Å². The van der Waals surface area contributed by atoms with E-state index >= 15 is 0 Å². The summed E-state index contributed by atoms with van der Waals surface area (Å²) in [5, 5.41) is 0. The molecule has 2 aromatic heterocycles. The molecule has 0 aromatic carbocycles. The Morgan fingerprint density at radius 2 is 2.21 bits per heavy atom. The largest absolute Gasteiger partial charge is 0.471 e. The fourth-order valence-electron chi connectivity index (χ4n) is 2.93. The Balaban J connectivity index is 1.81. The predicted molar refractivity (Wildman–Crippen MR) is 89.8 cm³/mol. The first-order valence-corrected chi connectivity index (χ1v) is 8.15. The second-order valence-electron chi connectivity index (χ2n) is 7.26. The summed E-state index contributed by atoms with van der Waals surface area (Å²) in [6, 6.07) is 7.07. The lowest BCUT2D eigenvalue weighted by Crippen LogP contribution is -2.37. The average molecular weight is 329 g/mol. The van der Waals surface area contributed by atoms with E-state index < -0.39 is 0 Å². The lowest BCUT2D eigenvalue weighted by atomic mass is 9.88. The summed E-state index contributed by atoms with van der Waals surface area (Å²) >= 11 is 0. The molecule has 6 nitrogen and oxygen atoms in total. The zero-order valence-corrected chi connectivity index (χ0v) is 14.4. The first-order valence-electron chi connectivity index (χ1n) is 8.15. The van der Waals surface area contributed by atoms with Gasteiger partial charge in [-0.15, -0.1) is 0 Å². The molecule has 1 atom stereocenters. The quantitative estimate of drug-likeness (QED) is 0.863. The second kappa shape index (κ2) is 6.73. The number of pyridine rings is 1. The van der Waals surface area contributed by atoms with Gasteiger partial charge >= 0.3 is 0 Å². The number of rotatable bonds is 4. The van der Waals surface area contributed by atoms with Gasteiger partial charge in [0.15, 0.2) is 0 Å². The van der Waals surface area contributed by atoms with Gasteiger partial charge in [-0.25, -0.2) is 0 Å². The maximum atomic E-state index is 12.6. The Morgan fingerprint density at radius 3 is 2.92 bits per heavy atom. The van der Waals surface area contributed by atoms with E-state index in [9.17, 15) is 4.79 Å². The third-order valence-corrected chi connectivity index (χ3v) is 3.85. The van der Waals surface area contributed by atoms with Crippen molar-refractivity contribution in [3.63, 3.8) is 0 Å². The zero-order chi connectivity index (χ0) is 17.2. The molecule has 3 rings (SSSR count). The summed E-state index contributed by atoms with van der Waals surface area (Å²) in [6.45, 7) is 7.62. The molecule has 0 radical (unpaired) electrons. The maximum Gasteiger partial charge on any atom is 0.257 e. The molecular formula is C18H23N3O3. The number of fused-ring (bicyclic) bond motifs is 1. The molecule has 24 heavy (non-hydrogen) atoms. The molecule has 128 valence electrons. The molecule has 0 amide bonds. The minimum atomic E-state index is -0.0893. The summed E-state index contributed by atoms with van der Waals surface area (Å²) in [6.07, 6.45) is 2.56. The van der Waals surface area contributed by atoms with Crippen molar-refractivity contribution >= 4 is 0 Å². The van der Waals surface area contributed by atoms with Gasteiger partial charge in [-0.05, 0) is 24.0 Å². The van der Waals surface area contributed by atoms with Gasteiger partial charge in [-0.3, -0.25) is 14.3 Å². The highest BCUT2D eigenvalue weighted by molar-refractivity contribution is 5.13. The van der Waals surface area contributed by atoms with E-state index in [1.807, 2.05) is 18.2 Å². The normalized spacial score (nSPS) is 17.4. The van der Waals surface area contributed by atoms with E-state index in [0.29, 0.717) is 24.9 Å². The number of nitrogens with zero attached hydrogens (tertiary/aromatic N) is 3. The third-order valence-electron chi connectivity index (χ3n) is 3.85. The standard InChI is InChI=1S/C18H23N3O3/c1-18(2,3)9-14-11-23-12-15-20-16(8-17(22)21(14)15)24-10-13-6-4-5-7-19-13/h4-8,14H,9-12H2,1-3H3. The third kappa shape index (κ3) is 4.00. The van der Waals surface area contributed by atoms with Crippen LogP contribution in [0.5, 0.6) is 5.88 Å². The predicted octanol–water partition coefficient (Wildman–Crippen LogP) is 2.72. The Bertz CT molecular complexity index is 750. The van der Waals surface area contributed by atoms with Crippen molar-refractivity contribution in [3.05, 3.63) is 52.3 Å². The second-order valence-corrected chi connectivity index (χ2v) is 7.26. The highest BCUT2D eigenvalue weighted by Crippen LogP contribution is 2.30. The van der Waals surface area contributed by atoms with Crippen LogP contribution in [0.25, 0.3) is 0 Å². The average Bonchev–Trinajstić information content (AvgIpc) is 2.52. The number of hydrogen-bond acceptors (Lipinski definition) is 5. The van der Waals surface area contributed by atoms with Crippen LogP contribution in [0.3, 0.4) is 0 Å². The fourth-order valence-corrected chi connectivity index (χ4v) is 2.93. The summed E-state index contributed by atoms with van der Waals surface area (Å²) in [7, 11) is 0. The minimum Gasteiger partial charge on any atom is -0.471 e. The summed E-state index contributed by atoms with van der Waals surface area (Å²) in [5.74, 6) is 0.941. The van der Waals surface area contributed by atoms with Gasteiger partial charge in [0.1, 0.15) is 19.0 Å². The fraction of sp³-hybridized carbons (Fsp3) is 0.500. The monoisotopic (exact) mass is 329 g/mol. The van der Waals surface area contributed by atoms with Crippen LogP contribution in [0, 0.1) is 5.41 Å². The Hall–Kier alpha value is -2.21. The first-order chi connectivity index (χ1) is 11.4. The molecule has 3 heterocycles. The molecule has 0 saturated carbocycles. The summed E-state index contributed by atoms with van der Waals surface area (Å²) < 4.78 is 13.0. The van der Waals surface area contributed by atoms with Gasteiger partial charge in [-0.1, -0.05) is 26.8 Å². The van der Waals surface area contributed by atoms with E-state index in [1.54, 1.807) is 10.8 Å². The SMILES string of the molecule is CC(C)(C)CC1COCc2nc(OCc3ccccn3)cc(=O)n21. The van der Waals surface area contributed by atoms with Crippen molar-refractivity contribution in [3.8, 4) is 5.88 Å². The molecule has 0 N–H and O–H groups in total.